The van der Waals surface area contributed by atoms with Crippen LogP contribution in [0, 0.1) is 11.8 Å². The monoisotopic (exact) mass is 190 g/mol. The van der Waals surface area contributed by atoms with E-state index in [2.05, 4.69) is 42.9 Å². The van der Waals surface area contributed by atoms with Crippen molar-refractivity contribution in [2.45, 2.75) is 39.7 Å². The summed E-state index contributed by atoms with van der Waals surface area (Å²) in [6, 6.07) is 4.44. The van der Waals surface area contributed by atoms with Crippen molar-refractivity contribution in [2.75, 3.05) is 0 Å². The predicted octanol–water partition coefficient (Wildman–Crippen LogP) is 2.43. The van der Waals surface area contributed by atoms with Crippen molar-refractivity contribution >= 4 is 0 Å². The molecule has 1 aromatic heterocycles. The zero-order valence-electron chi connectivity index (χ0n) is 9.03. The number of rotatable bonds is 4. The second-order valence-electron chi connectivity index (χ2n) is 3.14. The third-order valence-corrected chi connectivity index (χ3v) is 2.14. The second-order valence-corrected chi connectivity index (χ2v) is 3.14. The van der Waals surface area contributed by atoms with E-state index in [1.807, 2.05) is 0 Å². The summed E-state index contributed by atoms with van der Waals surface area (Å²) in [5.74, 6) is 0. The van der Waals surface area contributed by atoms with Crippen LogP contribution >= 0.6 is 0 Å². The molecule has 0 atom stereocenters. The van der Waals surface area contributed by atoms with Gasteiger partial charge in [0.2, 0.25) is 0 Å². The highest BCUT2D eigenvalue weighted by atomic mass is 14.9. The van der Waals surface area contributed by atoms with Crippen molar-refractivity contribution in [1.29, 1.82) is 5.26 Å². The van der Waals surface area contributed by atoms with E-state index in [-0.39, 0.29) is 0 Å². The zero-order chi connectivity index (χ0) is 10.8. The molecular formula is C12H18N2. The molecule has 0 saturated heterocycles. The van der Waals surface area contributed by atoms with Gasteiger partial charge in [0.1, 0.15) is 6.54 Å². The topological polar surface area (TPSA) is 27.7 Å². The van der Waals surface area contributed by atoms with Gasteiger partial charge in [0.05, 0.1) is 0 Å². The third-order valence-electron chi connectivity index (χ3n) is 2.14. The largest absolute Gasteiger partial charge is 0.512 e. The minimum Gasteiger partial charge on any atom is -0.512 e. The molecule has 0 spiro atoms. The van der Waals surface area contributed by atoms with Gasteiger partial charge >= 0.3 is 0 Å². The number of aryl methyl sites for hydroxylation is 2. The Morgan fingerprint density at radius 1 is 1.21 bits per heavy atom. The maximum absolute atomic E-state index is 6.25. The number of pyridine rings is 1. The Bertz CT molecular complexity index is 249. The third kappa shape index (κ3) is 4.61. The van der Waals surface area contributed by atoms with E-state index >= 15 is 0 Å². The molecule has 2 nitrogen and oxygen atoms in total. The van der Waals surface area contributed by atoms with Crippen LogP contribution in [0.2, 0.25) is 0 Å². The molecule has 0 radical (unpaired) electrons. The Kier molecular flexibility index (Phi) is 7.45. The predicted molar refractivity (Wildman–Crippen MR) is 55.9 cm³/mol. The second kappa shape index (κ2) is 8.25. The molecule has 1 rings (SSSR count). The molecule has 0 unspecified atom stereocenters. The standard InChI is InChI=1S/C11H18N.CN/c1-3-5-6-11-7-9-12(4-2)10-8-11;1-2/h7-10H,3-6H2,1-2H3;/q+1;-1. The van der Waals surface area contributed by atoms with Crippen LogP contribution in [0.15, 0.2) is 24.5 Å². The fourth-order valence-electron chi connectivity index (χ4n) is 1.25. The quantitative estimate of drug-likeness (QED) is 0.529. The molecule has 76 valence electrons. The lowest BCUT2D eigenvalue weighted by Gasteiger charge is -1.97. The summed E-state index contributed by atoms with van der Waals surface area (Å²) in [5.41, 5.74) is 1.46. The molecule has 2 heteroatoms. The first-order valence-corrected chi connectivity index (χ1v) is 5.07. The summed E-state index contributed by atoms with van der Waals surface area (Å²) >= 11 is 0. The van der Waals surface area contributed by atoms with E-state index in [1.165, 1.54) is 24.8 Å². The SMILES string of the molecule is CCCCc1cc[n+](CC)cc1.[C-]#N. The van der Waals surface area contributed by atoms with E-state index in [0.29, 0.717) is 0 Å². The van der Waals surface area contributed by atoms with Gasteiger partial charge in [-0.3, -0.25) is 0 Å². The van der Waals surface area contributed by atoms with Gasteiger partial charge in [0.15, 0.2) is 12.4 Å². The van der Waals surface area contributed by atoms with Crippen LogP contribution in [0.5, 0.6) is 0 Å². The van der Waals surface area contributed by atoms with E-state index in [0.717, 1.165) is 6.54 Å². The van der Waals surface area contributed by atoms with Gasteiger partial charge in [-0.1, -0.05) is 13.3 Å². The van der Waals surface area contributed by atoms with Crippen molar-refractivity contribution in [2.24, 2.45) is 0 Å². The van der Waals surface area contributed by atoms with Crippen LogP contribution in [0.1, 0.15) is 32.3 Å². The molecule has 0 aliphatic heterocycles. The van der Waals surface area contributed by atoms with Crippen molar-refractivity contribution in [3.63, 3.8) is 0 Å². The summed E-state index contributed by atoms with van der Waals surface area (Å²) in [6.45, 7) is 10.2. The Labute approximate surface area is 86.8 Å². The number of unbranched alkanes of at least 4 members (excludes halogenated alkanes) is 1. The summed E-state index contributed by atoms with van der Waals surface area (Å²) < 4.78 is 2.19. The maximum atomic E-state index is 6.25. The molecule has 0 N–H and O–H groups in total. The Balaban J connectivity index is 0.000000791. The minimum absolute atomic E-state index is 1.06. The summed E-state index contributed by atoms with van der Waals surface area (Å²) in [5, 5.41) is 6.25. The minimum atomic E-state index is 1.06. The van der Waals surface area contributed by atoms with Crippen LogP contribution in [-0.4, -0.2) is 0 Å². The lowest BCUT2D eigenvalue weighted by atomic mass is 10.1. The first-order chi connectivity index (χ1) is 6.86. The number of hydrogen-bond acceptors (Lipinski definition) is 1. The van der Waals surface area contributed by atoms with Gasteiger partial charge < -0.3 is 11.8 Å². The van der Waals surface area contributed by atoms with Crippen LogP contribution in [0.3, 0.4) is 0 Å². The summed E-state index contributed by atoms with van der Waals surface area (Å²) in [7, 11) is 0. The van der Waals surface area contributed by atoms with Gasteiger partial charge in [-0.05, 0) is 25.3 Å². The lowest BCUT2D eigenvalue weighted by molar-refractivity contribution is -0.693. The zero-order valence-corrected chi connectivity index (χ0v) is 9.03. The van der Waals surface area contributed by atoms with E-state index in [4.69, 9.17) is 11.8 Å². The van der Waals surface area contributed by atoms with E-state index in [1.54, 1.807) is 0 Å². The van der Waals surface area contributed by atoms with Gasteiger partial charge in [0, 0.05) is 12.1 Å². The van der Waals surface area contributed by atoms with Crippen LogP contribution in [0.25, 0.3) is 0 Å². The van der Waals surface area contributed by atoms with Crippen molar-refractivity contribution < 1.29 is 4.57 Å². The highest BCUT2D eigenvalue weighted by Gasteiger charge is 1.96. The van der Waals surface area contributed by atoms with Crippen molar-refractivity contribution in [3.05, 3.63) is 36.7 Å². The maximum Gasteiger partial charge on any atom is 0.169 e. The van der Waals surface area contributed by atoms with Crippen LogP contribution < -0.4 is 4.57 Å². The Morgan fingerprint density at radius 2 is 1.79 bits per heavy atom. The molecule has 0 saturated carbocycles. The highest BCUT2D eigenvalue weighted by Crippen LogP contribution is 2.01. The summed E-state index contributed by atoms with van der Waals surface area (Å²) in [6.07, 6.45) is 8.12. The van der Waals surface area contributed by atoms with Crippen LogP contribution in [0.4, 0.5) is 0 Å². The van der Waals surface area contributed by atoms with Gasteiger partial charge in [-0.2, -0.15) is 0 Å². The molecule has 1 aromatic rings. The van der Waals surface area contributed by atoms with Gasteiger partial charge in [-0.25, -0.2) is 4.57 Å². The van der Waals surface area contributed by atoms with Crippen molar-refractivity contribution in [1.82, 2.24) is 0 Å². The van der Waals surface area contributed by atoms with Gasteiger partial charge in [0.25, 0.3) is 0 Å². The molecule has 0 aliphatic rings. The van der Waals surface area contributed by atoms with Crippen molar-refractivity contribution in [3.8, 4) is 0 Å². The Morgan fingerprint density at radius 3 is 2.21 bits per heavy atom. The van der Waals surface area contributed by atoms with Gasteiger partial charge in [-0.15, -0.1) is 0 Å². The number of hydrogen-bond donors (Lipinski definition) is 0. The highest BCUT2D eigenvalue weighted by molar-refractivity contribution is 5.06. The summed E-state index contributed by atoms with van der Waals surface area (Å²) in [4.78, 5) is 0. The molecule has 0 aromatic carbocycles. The Hall–Kier alpha value is -1.36. The first-order valence-electron chi connectivity index (χ1n) is 5.07. The number of nitrogens with zero attached hydrogens (tertiary/aromatic N) is 2. The lowest BCUT2D eigenvalue weighted by Crippen LogP contribution is -2.30. The average Bonchev–Trinajstić information content (AvgIpc) is 2.30. The number of aromatic nitrogens is 1. The molecule has 0 amide bonds. The fourth-order valence-corrected chi connectivity index (χ4v) is 1.25. The molecule has 0 aliphatic carbocycles. The smallest absolute Gasteiger partial charge is 0.169 e. The van der Waals surface area contributed by atoms with E-state index < -0.39 is 0 Å². The fraction of sp³-hybridized carbons (Fsp3) is 0.500. The molecule has 1 heterocycles. The molecular weight excluding hydrogens is 172 g/mol. The molecule has 0 bridgehead atoms. The molecule has 14 heavy (non-hydrogen) atoms. The van der Waals surface area contributed by atoms with E-state index in [9.17, 15) is 0 Å². The normalized spacial score (nSPS) is 8.86. The first kappa shape index (κ1) is 12.6. The molecule has 0 fully saturated rings. The average molecular weight is 190 g/mol. The van der Waals surface area contributed by atoms with Crippen LogP contribution in [-0.2, 0) is 13.0 Å².